The van der Waals surface area contributed by atoms with E-state index in [4.69, 9.17) is 18.9 Å². The van der Waals surface area contributed by atoms with Gasteiger partial charge in [0.2, 0.25) is 5.91 Å². The van der Waals surface area contributed by atoms with Crippen LogP contribution >= 0.6 is 0 Å². The summed E-state index contributed by atoms with van der Waals surface area (Å²) in [5, 5.41) is 72.2. The van der Waals surface area contributed by atoms with Gasteiger partial charge in [-0.15, -0.1) is 0 Å². The number of rotatable bonds is 23. The number of phenolic OH excluding ortho intramolecular Hbond substituents is 4. The summed E-state index contributed by atoms with van der Waals surface area (Å²) in [6.45, 7) is 2.20. The third-order valence-corrected chi connectivity index (χ3v) is 24.3. The van der Waals surface area contributed by atoms with E-state index in [-0.39, 0.29) is 77.5 Å². The van der Waals surface area contributed by atoms with Crippen molar-refractivity contribution in [1.29, 1.82) is 0 Å². The molecule has 142 heavy (non-hydrogen) atoms. The molecule has 0 saturated heterocycles. The minimum Gasteiger partial charge on any atom is -0.507 e. The molecule has 20 heteroatoms. The van der Waals surface area contributed by atoms with Gasteiger partial charge in [0.25, 0.3) is 0 Å². The number of hydrogen-bond acceptors (Lipinski definition) is 15. The van der Waals surface area contributed by atoms with Crippen molar-refractivity contribution < 1.29 is 72.9 Å². The highest BCUT2D eigenvalue weighted by molar-refractivity contribution is 6.17. The molecule has 0 bridgehead atoms. The summed E-state index contributed by atoms with van der Waals surface area (Å²) in [5.41, 5.74) is 12.3. The lowest BCUT2D eigenvalue weighted by atomic mass is 9.90. The molecule has 9 N–H and O–H groups in total. The first-order valence-corrected chi connectivity index (χ1v) is 45.6. The van der Waals surface area contributed by atoms with Crippen LogP contribution in [-0.2, 0) is 24.6 Å². The lowest BCUT2D eigenvalue weighted by Gasteiger charge is -2.20. The fraction of sp³-hybridized carbons (Fsp3) is 0.0410. The number of benzene rings is 21. The predicted octanol–water partition coefficient (Wildman–Crippen LogP) is 28.7. The van der Waals surface area contributed by atoms with Gasteiger partial charge in [0.05, 0.1) is 29.4 Å². The topological polar surface area (TPSA) is 297 Å². The van der Waals surface area contributed by atoms with E-state index in [1.807, 2.05) is 364 Å². The molecule has 21 rings (SSSR count). The summed E-state index contributed by atoms with van der Waals surface area (Å²) in [4.78, 5) is 83.7. The van der Waals surface area contributed by atoms with E-state index in [0.29, 0.717) is 104 Å². The first-order chi connectivity index (χ1) is 69.5. The van der Waals surface area contributed by atoms with Gasteiger partial charge in [0, 0.05) is 79.9 Å². The highest BCUT2D eigenvalue weighted by atomic mass is 16.5. The number of fused-ring (bicyclic) bond motifs is 8. The average Bonchev–Trinajstić information content (AvgIpc) is 0.758. The molecular weight excluding hydrogens is 1780 g/mol. The van der Waals surface area contributed by atoms with Crippen LogP contribution in [0.5, 0.6) is 46.0 Å². The normalized spacial score (nSPS) is 10.9. The minimum absolute atomic E-state index is 0.0669. The maximum Gasteiger partial charge on any atom is 0.323 e. The lowest BCUT2D eigenvalue weighted by Crippen LogP contribution is -2.19. The van der Waals surface area contributed by atoms with Gasteiger partial charge in [0.1, 0.15) is 65.8 Å². The Bertz CT molecular complexity index is 8440. The van der Waals surface area contributed by atoms with Crippen molar-refractivity contribution in [2.24, 2.45) is 0 Å². The van der Waals surface area contributed by atoms with Gasteiger partial charge < -0.3 is 66.0 Å². The van der Waals surface area contributed by atoms with E-state index in [9.17, 15) is 54.0 Å². The van der Waals surface area contributed by atoms with Gasteiger partial charge in [-0.05, 0) is 212 Å². The molecule has 0 aliphatic heterocycles. The molecule has 0 aromatic heterocycles. The maximum absolute atomic E-state index is 12.5. The second-order valence-corrected chi connectivity index (χ2v) is 33.5. The van der Waals surface area contributed by atoms with Crippen LogP contribution in [0.25, 0.3) is 131 Å². The van der Waals surface area contributed by atoms with Crippen molar-refractivity contribution in [3.63, 3.8) is 0 Å². The number of anilines is 5. The standard InChI is InChI=1S/C36H28N2O4.C35H26N2O4.C30H23NO4.C21H14O3/c1-41-35-27(22-39)21-26-12-6-8-17-31(26)34(35)33-30-16-7-5-11-25(30)18-19-32(33)42-23-24-10-9-15-29(20-24)38-36(40)37-28-13-3-2-4-14-28;38-21-26-20-25-11-5-7-16-30(25)33(34(26)39)32-29-15-6-4-10-24(29)17-18-31(32)41-22-23-9-8-14-28(19-23)37-35(40)36-27-12-2-1-3-13-27;1-19(33)31-24-10-6-7-20(15-24)18-35-27-14-13-21-8-2-4-11-25(21)28(27)29-26-12-5-3-9-22(26)16-23(17-32)30(29)34;22-12-15-11-14-6-2-4-8-17(14)20(21(15)24)19-16-7-3-1-5-13(16)9-10-18(19)23/h2-22H,23H2,1H3,(H2,37,38,40);1-21,39H,22H2,(H2,36,37,40);2-17,34H,18H2,1H3,(H,31,33);1-12,23-24H. The van der Waals surface area contributed by atoms with Gasteiger partial charge >= 0.3 is 12.1 Å². The van der Waals surface area contributed by atoms with Crippen molar-refractivity contribution in [3.8, 4) is 90.5 Å². The number of nitrogens with one attached hydrogen (secondary N) is 5. The molecule has 21 aromatic carbocycles. The molecular formula is C122H91N5O15. The summed E-state index contributed by atoms with van der Waals surface area (Å²) in [5.74, 6) is 1.94. The molecule has 0 atom stereocenters. The van der Waals surface area contributed by atoms with E-state index in [2.05, 4.69) is 38.7 Å². The first-order valence-electron chi connectivity index (χ1n) is 45.6. The SMILES string of the molecule is CC(=O)Nc1cccc(COc2ccc3ccccc3c2-c2c(O)c(C=O)cc3ccccc23)c1.COc1c(C=O)cc2ccccc2c1-c1c(OCc2cccc(NC(=O)Nc3ccccc3)c2)ccc2ccccc12.O=Cc1cc2ccccc2c(-c2c(O)ccc3ccccc23)c1O.O=Cc1cc2ccccc2c(-c2c(OCc3cccc(NC(=O)Nc4ccccc4)c3)ccc3ccccc23)c1O. The minimum atomic E-state index is -0.344. The second kappa shape index (κ2) is 42.8. The van der Waals surface area contributed by atoms with Crippen molar-refractivity contribution >= 4 is 158 Å². The number of para-hydroxylation sites is 2. The number of phenols is 4. The van der Waals surface area contributed by atoms with E-state index < -0.39 is 0 Å². The van der Waals surface area contributed by atoms with Crippen LogP contribution in [0.4, 0.5) is 38.0 Å². The Hall–Kier alpha value is -19.2. The Morgan fingerprint density at radius 2 is 0.500 bits per heavy atom. The zero-order valence-electron chi connectivity index (χ0n) is 76.8. The third-order valence-electron chi connectivity index (χ3n) is 24.3. The molecule has 0 spiro atoms. The summed E-state index contributed by atoms with van der Waals surface area (Å²) in [7, 11) is 1.58. The number of amides is 5. The van der Waals surface area contributed by atoms with Crippen LogP contribution in [0.3, 0.4) is 0 Å². The molecule has 21 aromatic rings. The zero-order chi connectivity index (χ0) is 98.1. The zero-order valence-corrected chi connectivity index (χ0v) is 76.8. The molecule has 0 unspecified atom stereocenters. The molecule has 0 aliphatic rings. The number of hydrogen-bond donors (Lipinski definition) is 9. The second-order valence-electron chi connectivity index (χ2n) is 33.5. The van der Waals surface area contributed by atoms with E-state index in [0.717, 1.165) is 126 Å². The van der Waals surface area contributed by atoms with E-state index >= 15 is 0 Å². The number of urea groups is 2. The number of carbonyl (C=O) groups is 7. The average molecular weight is 1870 g/mol. The molecule has 0 heterocycles. The Kier molecular flexibility index (Phi) is 28.1. The molecule has 0 saturated carbocycles. The highest BCUT2D eigenvalue weighted by Gasteiger charge is 2.27. The highest BCUT2D eigenvalue weighted by Crippen LogP contribution is 2.52. The number of aldehydes is 4. The molecule has 0 radical (unpaired) electrons. The molecule has 694 valence electrons. The Morgan fingerprint density at radius 3 is 0.824 bits per heavy atom. The van der Waals surface area contributed by atoms with Gasteiger partial charge in [-0.3, -0.25) is 24.0 Å². The molecule has 20 nitrogen and oxygen atoms in total. The van der Waals surface area contributed by atoms with E-state index in [1.165, 1.54) is 6.92 Å². The maximum atomic E-state index is 12.5. The van der Waals surface area contributed by atoms with Crippen molar-refractivity contribution in [2.75, 3.05) is 33.7 Å². The van der Waals surface area contributed by atoms with Crippen LogP contribution < -0.4 is 45.5 Å². The number of carbonyl (C=O) groups excluding carboxylic acids is 7. The fourth-order valence-electron chi connectivity index (χ4n) is 18.0. The first kappa shape index (κ1) is 93.2. The predicted molar refractivity (Wildman–Crippen MR) is 567 cm³/mol. The summed E-state index contributed by atoms with van der Waals surface area (Å²) in [6, 6.07) is 125. The molecule has 0 aliphatic carbocycles. The smallest absolute Gasteiger partial charge is 0.323 e. The lowest BCUT2D eigenvalue weighted by molar-refractivity contribution is -0.114. The Balaban J connectivity index is 0.000000127. The summed E-state index contributed by atoms with van der Waals surface area (Å²) >= 11 is 0. The quantitative estimate of drug-likeness (QED) is 0.0269. The van der Waals surface area contributed by atoms with Crippen LogP contribution in [0.1, 0.15) is 65.0 Å². The van der Waals surface area contributed by atoms with Crippen molar-refractivity contribution in [1.82, 2.24) is 0 Å². The van der Waals surface area contributed by atoms with Gasteiger partial charge in [-0.25, -0.2) is 9.59 Å². The number of methoxy groups -OCH3 is 1. The Labute approximate surface area is 815 Å². The summed E-state index contributed by atoms with van der Waals surface area (Å²) < 4.78 is 25.1. The van der Waals surface area contributed by atoms with E-state index in [1.54, 1.807) is 31.4 Å². The molecule has 0 fully saturated rings. The van der Waals surface area contributed by atoms with Gasteiger partial charge in [0.15, 0.2) is 25.1 Å². The van der Waals surface area contributed by atoms with Crippen LogP contribution in [-0.4, -0.2) is 70.6 Å². The van der Waals surface area contributed by atoms with Gasteiger partial charge in [-0.1, -0.05) is 291 Å². The molecule has 5 amide bonds. The van der Waals surface area contributed by atoms with Crippen LogP contribution in [0, 0.1) is 0 Å². The van der Waals surface area contributed by atoms with Crippen LogP contribution in [0.15, 0.2) is 400 Å². The number of ether oxygens (including phenoxy) is 4. The number of aromatic hydroxyl groups is 4. The Morgan fingerprint density at radius 1 is 0.246 bits per heavy atom. The van der Waals surface area contributed by atoms with Crippen LogP contribution in [0.2, 0.25) is 0 Å². The monoisotopic (exact) mass is 1870 g/mol. The van der Waals surface area contributed by atoms with Crippen molar-refractivity contribution in [2.45, 2.75) is 26.7 Å². The van der Waals surface area contributed by atoms with Gasteiger partial charge in [-0.2, -0.15) is 0 Å². The third kappa shape index (κ3) is 20.4. The largest absolute Gasteiger partial charge is 0.507 e. The fourth-order valence-corrected chi connectivity index (χ4v) is 18.0. The van der Waals surface area contributed by atoms with Crippen molar-refractivity contribution in [3.05, 3.63) is 439 Å². The summed E-state index contributed by atoms with van der Waals surface area (Å²) in [6.07, 6.45) is 2.80.